The molecule has 0 amide bonds. The summed E-state index contributed by atoms with van der Waals surface area (Å²) in [4.78, 5) is 7.66. The highest BCUT2D eigenvalue weighted by atomic mass is 32.2. The molecule has 1 aliphatic carbocycles. The number of sulfone groups is 1. The van der Waals surface area contributed by atoms with Crippen LogP contribution in [0.1, 0.15) is 36.3 Å². The van der Waals surface area contributed by atoms with Gasteiger partial charge in [0.1, 0.15) is 0 Å². The average Bonchev–Trinajstić information content (AvgIpc) is 3.09. The fourth-order valence-corrected chi connectivity index (χ4v) is 5.24. The Bertz CT molecular complexity index is 578. The maximum Gasteiger partial charge on any atom is 0.186 e. The van der Waals surface area contributed by atoms with E-state index in [-0.39, 0.29) is 24.2 Å². The van der Waals surface area contributed by atoms with E-state index in [4.69, 9.17) is 0 Å². The van der Waals surface area contributed by atoms with Crippen LogP contribution in [0, 0.1) is 0 Å². The van der Waals surface area contributed by atoms with Gasteiger partial charge in [0.2, 0.25) is 0 Å². The summed E-state index contributed by atoms with van der Waals surface area (Å²) in [6.45, 7) is 2.46. The molecule has 1 aliphatic heterocycles. The summed E-state index contributed by atoms with van der Waals surface area (Å²) < 4.78 is 23.2. The molecule has 1 aromatic heterocycles. The fraction of sp³-hybridized carbons (Fsp3) is 0.750. The van der Waals surface area contributed by atoms with Gasteiger partial charge in [-0.25, -0.2) is 13.4 Å². The standard InChI is InChI=1S/C12H18N2O3S2/c1-8-7-19(16,17)5-4-14(8)12-13-11(9-2-3-9)10(6-15)18-12/h8-9,15H,2-7H2,1H3. The Hall–Kier alpha value is -0.660. The molecular weight excluding hydrogens is 284 g/mol. The molecule has 0 aromatic carbocycles. The largest absolute Gasteiger partial charge is 0.391 e. The van der Waals surface area contributed by atoms with Crippen LogP contribution in [0.15, 0.2) is 0 Å². The van der Waals surface area contributed by atoms with Crippen molar-refractivity contribution >= 4 is 26.3 Å². The number of hydrogen-bond acceptors (Lipinski definition) is 6. The molecule has 1 aromatic rings. The van der Waals surface area contributed by atoms with E-state index in [0.29, 0.717) is 12.5 Å². The van der Waals surface area contributed by atoms with E-state index in [0.717, 1.165) is 28.5 Å². The predicted molar refractivity (Wildman–Crippen MR) is 75.5 cm³/mol. The second kappa shape index (κ2) is 4.71. The zero-order valence-electron chi connectivity index (χ0n) is 10.9. The van der Waals surface area contributed by atoms with Gasteiger partial charge in [-0.1, -0.05) is 11.3 Å². The van der Waals surface area contributed by atoms with Crippen molar-refractivity contribution < 1.29 is 13.5 Å². The first-order valence-electron chi connectivity index (χ1n) is 6.57. The lowest BCUT2D eigenvalue weighted by molar-refractivity contribution is 0.284. The molecule has 2 heterocycles. The van der Waals surface area contributed by atoms with E-state index in [1.54, 1.807) is 0 Å². The van der Waals surface area contributed by atoms with Crippen LogP contribution in [0.5, 0.6) is 0 Å². The van der Waals surface area contributed by atoms with Crippen molar-refractivity contribution in [1.82, 2.24) is 4.98 Å². The first kappa shape index (κ1) is 13.3. The minimum absolute atomic E-state index is 0.0318. The number of anilines is 1. The fourth-order valence-electron chi connectivity index (χ4n) is 2.55. The number of nitrogens with zero attached hydrogens (tertiary/aromatic N) is 2. The summed E-state index contributed by atoms with van der Waals surface area (Å²) in [5, 5.41) is 10.3. The Kier molecular flexibility index (Phi) is 3.31. The van der Waals surface area contributed by atoms with Gasteiger partial charge >= 0.3 is 0 Å². The molecule has 0 spiro atoms. The Morgan fingerprint density at radius 3 is 2.79 bits per heavy atom. The molecule has 3 rings (SSSR count). The lowest BCUT2D eigenvalue weighted by Gasteiger charge is -2.32. The molecule has 0 radical (unpaired) electrons. The van der Waals surface area contributed by atoms with Crippen molar-refractivity contribution in [3.05, 3.63) is 10.6 Å². The highest BCUT2D eigenvalue weighted by molar-refractivity contribution is 7.91. The van der Waals surface area contributed by atoms with Crippen molar-refractivity contribution in [2.45, 2.75) is 38.3 Å². The molecule has 1 saturated heterocycles. The number of aliphatic hydroxyl groups excluding tert-OH is 1. The molecule has 2 fully saturated rings. The average molecular weight is 302 g/mol. The van der Waals surface area contributed by atoms with Crippen LogP contribution in [0.4, 0.5) is 5.13 Å². The van der Waals surface area contributed by atoms with Crippen molar-refractivity contribution in [1.29, 1.82) is 0 Å². The molecule has 106 valence electrons. The Morgan fingerprint density at radius 2 is 2.21 bits per heavy atom. The zero-order valence-corrected chi connectivity index (χ0v) is 12.5. The lowest BCUT2D eigenvalue weighted by atomic mass is 10.2. The lowest BCUT2D eigenvalue weighted by Crippen LogP contribution is -2.47. The van der Waals surface area contributed by atoms with Crippen molar-refractivity contribution in [2.75, 3.05) is 23.0 Å². The zero-order chi connectivity index (χ0) is 13.6. The van der Waals surface area contributed by atoms with Gasteiger partial charge in [0, 0.05) is 18.5 Å². The van der Waals surface area contributed by atoms with Gasteiger partial charge < -0.3 is 10.0 Å². The first-order chi connectivity index (χ1) is 9.00. The quantitative estimate of drug-likeness (QED) is 0.906. The van der Waals surface area contributed by atoms with Crippen LogP contribution in [0.3, 0.4) is 0 Å². The molecule has 5 nitrogen and oxygen atoms in total. The van der Waals surface area contributed by atoms with E-state index in [1.165, 1.54) is 11.3 Å². The van der Waals surface area contributed by atoms with Crippen LogP contribution in [-0.4, -0.2) is 42.6 Å². The van der Waals surface area contributed by atoms with Crippen molar-refractivity contribution in [2.24, 2.45) is 0 Å². The number of aromatic nitrogens is 1. The minimum Gasteiger partial charge on any atom is -0.391 e. The Balaban J connectivity index is 1.86. The van der Waals surface area contributed by atoms with Gasteiger partial charge in [-0.15, -0.1) is 0 Å². The Morgan fingerprint density at radius 1 is 1.47 bits per heavy atom. The smallest absolute Gasteiger partial charge is 0.186 e. The van der Waals surface area contributed by atoms with Gasteiger partial charge in [0.25, 0.3) is 0 Å². The van der Waals surface area contributed by atoms with Gasteiger partial charge in [-0.2, -0.15) is 0 Å². The third kappa shape index (κ3) is 2.64. The summed E-state index contributed by atoms with van der Waals surface area (Å²) in [6, 6.07) is -0.0384. The maximum absolute atomic E-state index is 11.6. The molecule has 1 unspecified atom stereocenters. The van der Waals surface area contributed by atoms with E-state index in [1.807, 2.05) is 6.92 Å². The predicted octanol–water partition coefficient (Wildman–Crippen LogP) is 1.14. The van der Waals surface area contributed by atoms with Crippen molar-refractivity contribution in [3.63, 3.8) is 0 Å². The van der Waals surface area contributed by atoms with Crippen LogP contribution in [0.2, 0.25) is 0 Å². The molecule has 7 heteroatoms. The molecule has 19 heavy (non-hydrogen) atoms. The third-order valence-corrected chi connectivity index (χ3v) is 6.63. The number of thiazole rings is 1. The summed E-state index contributed by atoms with van der Waals surface area (Å²) in [5.41, 5.74) is 1.03. The van der Waals surface area contributed by atoms with Gasteiger partial charge in [-0.05, 0) is 19.8 Å². The summed E-state index contributed by atoms with van der Waals surface area (Å²) in [7, 11) is -2.90. The monoisotopic (exact) mass is 302 g/mol. The van der Waals surface area contributed by atoms with E-state index in [2.05, 4.69) is 9.88 Å². The van der Waals surface area contributed by atoms with E-state index in [9.17, 15) is 13.5 Å². The topological polar surface area (TPSA) is 70.5 Å². The van der Waals surface area contributed by atoms with Gasteiger partial charge in [-0.3, -0.25) is 0 Å². The van der Waals surface area contributed by atoms with Crippen LogP contribution < -0.4 is 4.90 Å². The highest BCUT2D eigenvalue weighted by Crippen LogP contribution is 2.44. The third-order valence-electron chi connectivity index (χ3n) is 3.74. The van der Waals surface area contributed by atoms with Crippen molar-refractivity contribution in [3.8, 4) is 0 Å². The molecule has 1 N–H and O–H groups in total. The van der Waals surface area contributed by atoms with Crippen LogP contribution in [-0.2, 0) is 16.4 Å². The summed E-state index contributed by atoms with van der Waals surface area (Å²) >= 11 is 1.51. The molecule has 0 bridgehead atoms. The first-order valence-corrected chi connectivity index (χ1v) is 9.21. The number of hydrogen-bond donors (Lipinski definition) is 1. The van der Waals surface area contributed by atoms with Crippen LogP contribution in [0.25, 0.3) is 0 Å². The highest BCUT2D eigenvalue weighted by Gasteiger charge is 2.33. The molecule has 1 atom stereocenters. The van der Waals surface area contributed by atoms with E-state index >= 15 is 0 Å². The van der Waals surface area contributed by atoms with E-state index < -0.39 is 9.84 Å². The SMILES string of the molecule is CC1CS(=O)(=O)CCN1c1nc(C2CC2)c(CO)s1. The number of aliphatic hydroxyl groups is 1. The van der Waals surface area contributed by atoms with Crippen LogP contribution >= 0.6 is 11.3 Å². The second-order valence-electron chi connectivity index (χ2n) is 5.39. The summed E-state index contributed by atoms with van der Waals surface area (Å²) in [5.74, 6) is 0.903. The van der Waals surface area contributed by atoms with Gasteiger partial charge in [0.15, 0.2) is 15.0 Å². The molecule has 1 saturated carbocycles. The maximum atomic E-state index is 11.6. The molecular formula is C12H18N2O3S2. The second-order valence-corrected chi connectivity index (χ2v) is 8.68. The number of rotatable bonds is 3. The minimum atomic E-state index is -2.90. The molecule has 2 aliphatic rings. The normalized spacial score (nSPS) is 26.6. The Labute approximate surface area is 117 Å². The summed E-state index contributed by atoms with van der Waals surface area (Å²) in [6.07, 6.45) is 2.31. The van der Waals surface area contributed by atoms with Gasteiger partial charge in [0.05, 0.1) is 28.7 Å².